The van der Waals surface area contributed by atoms with Gasteiger partial charge in [0, 0.05) is 18.7 Å². The number of H-pyrrole nitrogens is 1. The summed E-state index contributed by atoms with van der Waals surface area (Å²) in [6.45, 7) is 3.74. The Morgan fingerprint density at radius 3 is 2.81 bits per heavy atom. The van der Waals surface area contributed by atoms with Crippen LogP contribution in [-0.4, -0.2) is 17.6 Å². The molecule has 3 rings (SSSR count). The molecule has 21 heavy (non-hydrogen) atoms. The van der Waals surface area contributed by atoms with Crippen molar-refractivity contribution in [2.24, 2.45) is 0 Å². The van der Waals surface area contributed by atoms with E-state index in [1.165, 1.54) is 6.92 Å². The first-order chi connectivity index (χ1) is 9.98. The van der Waals surface area contributed by atoms with E-state index in [9.17, 15) is 4.79 Å². The fraction of sp³-hybridized carbons (Fsp3) is 0.400. The molecule has 1 N–H and O–H groups in total. The summed E-state index contributed by atoms with van der Waals surface area (Å²) in [6.07, 6.45) is 1.19. The minimum atomic E-state index is -1.09. The first-order valence-corrected chi connectivity index (χ1v) is 7.56. The highest BCUT2D eigenvalue weighted by molar-refractivity contribution is 6.40. The molecule has 0 saturated heterocycles. The SMILES string of the molecule is CCC1(OC(C)=O)OCCc2c1[nH]c1c(Cl)ccc(Cl)c21. The zero-order valence-electron chi connectivity index (χ0n) is 11.8. The van der Waals surface area contributed by atoms with Crippen molar-refractivity contribution < 1.29 is 14.3 Å². The molecule has 112 valence electrons. The summed E-state index contributed by atoms with van der Waals surface area (Å²) < 4.78 is 11.3. The molecule has 4 nitrogen and oxygen atoms in total. The van der Waals surface area contributed by atoms with Gasteiger partial charge in [-0.15, -0.1) is 0 Å². The standard InChI is InChI=1S/C15H15Cl2NO3/c1-3-15(21-8(2)19)14-9(6-7-20-15)12-10(16)4-5-11(17)13(12)18-14/h4-5,18H,3,6-7H2,1-2H3. The predicted octanol–water partition coefficient (Wildman–Crippen LogP) is 4.17. The fourth-order valence-electron chi connectivity index (χ4n) is 2.92. The van der Waals surface area contributed by atoms with E-state index in [2.05, 4.69) is 4.98 Å². The topological polar surface area (TPSA) is 51.3 Å². The summed E-state index contributed by atoms with van der Waals surface area (Å²) in [5.41, 5.74) is 2.49. The van der Waals surface area contributed by atoms with Crippen LogP contribution in [0.5, 0.6) is 0 Å². The van der Waals surface area contributed by atoms with Gasteiger partial charge in [0.2, 0.25) is 0 Å². The maximum absolute atomic E-state index is 11.5. The third-order valence-electron chi connectivity index (χ3n) is 3.80. The van der Waals surface area contributed by atoms with Crippen molar-refractivity contribution in [2.45, 2.75) is 32.5 Å². The lowest BCUT2D eigenvalue weighted by Crippen LogP contribution is -2.39. The third kappa shape index (κ3) is 2.22. The zero-order chi connectivity index (χ0) is 15.2. The first kappa shape index (κ1) is 14.7. The second-order valence-electron chi connectivity index (χ2n) is 5.06. The monoisotopic (exact) mass is 327 g/mol. The molecule has 0 saturated carbocycles. The minimum absolute atomic E-state index is 0.388. The number of aromatic amines is 1. The van der Waals surface area contributed by atoms with Crippen LogP contribution in [-0.2, 0) is 26.5 Å². The van der Waals surface area contributed by atoms with Gasteiger partial charge in [0.25, 0.3) is 5.79 Å². The number of esters is 1. The van der Waals surface area contributed by atoms with E-state index in [1.807, 2.05) is 6.92 Å². The van der Waals surface area contributed by atoms with Crippen molar-refractivity contribution in [1.29, 1.82) is 0 Å². The van der Waals surface area contributed by atoms with Crippen molar-refractivity contribution in [1.82, 2.24) is 4.98 Å². The van der Waals surface area contributed by atoms with Gasteiger partial charge in [0.05, 0.1) is 27.9 Å². The van der Waals surface area contributed by atoms with E-state index in [0.29, 0.717) is 29.5 Å². The summed E-state index contributed by atoms with van der Waals surface area (Å²) in [5.74, 6) is -1.48. The Bertz CT molecular complexity index is 725. The minimum Gasteiger partial charge on any atom is -0.427 e. The molecule has 1 atom stereocenters. The number of ether oxygens (including phenoxy) is 2. The average Bonchev–Trinajstić information content (AvgIpc) is 2.84. The average molecular weight is 328 g/mol. The van der Waals surface area contributed by atoms with Gasteiger partial charge < -0.3 is 14.5 Å². The molecule has 0 amide bonds. The summed E-state index contributed by atoms with van der Waals surface area (Å²) in [6, 6.07) is 3.52. The predicted molar refractivity (Wildman–Crippen MR) is 81.7 cm³/mol. The zero-order valence-corrected chi connectivity index (χ0v) is 13.3. The number of halogens is 2. The van der Waals surface area contributed by atoms with E-state index >= 15 is 0 Å². The van der Waals surface area contributed by atoms with E-state index in [-0.39, 0.29) is 5.97 Å². The number of benzene rings is 1. The lowest BCUT2D eigenvalue weighted by Gasteiger charge is -2.35. The van der Waals surface area contributed by atoms with Gasteiger partial charge in [-0.3, -0.25) is 4.79 Å². The van der Waals surface area contributed by atoms with Gasteiger partial charge in [-0.2, -0.15) is 0 Å². The largest absolute Gasteiger partial charge is 0.427 e. The van der Waals surface area contributed by atoms with E-state index in [1.54, 1.807) is 12.1 Å². The van der Waals surface area contributed by atoms with Gasteiger partial charge in [0.15, 0.2) is 0 Å². The molecule has 0 spiro atoms. The van der Waals surface area contributed by atoms with Crippen molar-refractivity contribution in [3.05, 3.63) is 33.4 Å². The highest BCUT2D eigenvalue weighted by Gasteiger charge is 2.42. The molecular weight excluding hydrogens is 313 g/mol. The van der Waals surface area contributed by atoms with Gasteiger partial charge in [0.1, 0.15) is 0 Å². The maximum Gasteiger partial charge on any atom is 0.305 e. The van der Waals surface area contributed by atoms with E-state index < -0.39 is 5.79 Å². The molecule has 1 unspecified atom stereocenters. The normalized spacial score (nSPS) is 21.3. The second-order valence-corrected chi connectivity index (χ2v) is 5.87. The van der Waals surface area contributed by atoms with Crippen LogP contribution in [0, 0.1) is 0 Å². The number of carbonyl (C=O) groups excluding carboxylic acids is 1. The second kappa shape index (κ2) is 5.20. The van der Waals surface area contributed by atoms with Crippen molar-refractivity contribution >= 4 is 40.1 Å². The lowest BCUT2D eigenvalue weighted by molar-refractivity contribution is -0.245. The molecule has 1 aromatic carbocycles. The van der Waals surface area contributed by atoms with Crippen molar-refractivity contribution in [3.8, 4) is 0 Å². The maximum atomic E-state index is 11.5. The van der Waals surface area contributed by atoms with Gasteiger partial charge >= 0.3 is 5.97 Å². The van der Waals surface area contributed by atoms with Crippen LogP contribution in [0.3, 0.4) is 0 Å². The Balaban J connectivity index is 2.29. The van der Waals surface area contributed by atoms with E-state index in [4.69, 9.17) is 32.7 Å². The van der Waals surface area contributed by atoms with Crippen LogP contribution in [0.2, 0.25) is 10.0 Å². The highest BCUT2D eigenvalue weighted by atomic mass is 35.5. The van der Waals surface area contributed by atoms with Gasteiger partial charge in [-0.25, -0.2) is 0 Å². The Hall–Kier alpha value is -1.23. The van der Waals surface area contributed by atoms with Crippen LogP contribution in [0.25, 0.3) is 10.9 Å². The first-order valence-electron chi connectivity index (χ1n) is 6.81. The molecule has 1 aromatic heterocycles. The number of hydrogen-bond donors (Lipinski definition) is 1. The van der Waals surface area contributed by atoms with Gasteiger partial charge in [-0.05, 0) is 24.1 Å². The molecule has 0 bridgehead atoms. The fourth-order valence-corrected chi connectivity index (χ4v) is 3.40. The number of aromatic nitrogens is 1. The summed E-state index contributed by atoms with van der Waals surface area (Å²) in [4.78, 5) is 14.7. The number of rotatable bonds is 2. The Morgan fingerprint density at radius 1 is 1.43 bits per heavy atom. The van der Waals surface area contributed by atoms with Crippen LogP contribution in [0.4, 0.5) is 0 Å². The highest BCUT2D eigenvalue weighted by Crippen LogP contribution is 2.43. The molecule has 0 radical (unpaired) electrons. The molecule has 2 heterocycles. The molecule has 1 aliphatic rings. The number of carbonyl (C=O) groups is 1. The number of nitrogens with one attached hydrogen (secondary N) is 1. The molecular formula is C15H15Cl2NO3. The third-order valence-corrected chi connectivity index (χ3v) is 4.43. The Morgan fingerprint density at radius 2 is 2.14 bits per heavy atom. The molecule has 1 aliphatic heterocycles. The summed E-state index contributed by atoms with van der Waals surface area (Å²) in [7, 11) is 0. The number of hydrogen-bond acceptors (Lipinski definition) is 3. The molecule has 0 aliphatic carbocycles. The van der Waals surface area contributed by atoms with Crippen molar-refractivity contribution in [2.75, 3.05) is 6.61 Å². The van der Waals surface area contributed by atoms with Crippen LogP contribution < -0.4 is 0 Å². The van der Waals surface area contributed by atoms with Crippen LogP contribution in [0.1, 0.15) is 31.5 Å². The van der Waals surface area contributed by atoms with Crippen LogP contribution >= 0.6 is 23.2 Å². The van der Waals surface area contributed by atoms with Gasteiger partial charge in [-0.1, -0.05) is 30.1 Å². The Kier molecular flexibility index (Phi) is 3.64. The molecule has 6 heteroatoms. The molecule has 2 aromatic rings. The summed E-state index contributed by atoms with van der Waals surface area (Å²) >= 11 is 12.6. The smallest absolute Gasteiger partial charge is 0.305 e. The Labute approximate surface area is 132 Å². The number of fused-ring (bicyclic) bond motifs is 3. The van der Waals surface area contributed by atoms with Crippen LogP contribution in [0.15, 0.2) is 12.1 Å². The summed E-state index contributed by atoms with van der Waals surface area (Å²) in [5, 5.41) is 2.09. The van der Waals surface area contributed by atoms with E-state index in [0.717, 1.165) is 22.2 Å². The quantitative estimate of drug-likeness (QED) is 0.842. The van der Waals surface area contributed by atoms with Crippen molar-refractivity contribution in [3.63, 3.8) is 0 Å². The lowest BCUT2D eigenvalue weighted by atomic mass is 9.98. The molecule has 0 fully saturated rings.